The second kappa shape index (κ2) is 6.00. The van der Waals surface area contributed by atoms with Gasteiger partial charge < -0.3 is 9.47 Å². The lowest BCUT2D eigenvalue weighted by Gasteiger charge is -2.06. The quantitative estimate of drug-likeness (QED) is 0.810. The van der Waals surface area contributed by atoms with Gasteiger partial charge in [0, 0.05) is 24.9 Å². The fourth-order valence-corrected chi connectivity index (χ4v) is 1.57. The van der Waals surface area contributed by atoms with E-state index in [-0.39, 0.29) is 0 Å². The molecule has 2 heterocycles. The Bertz CT molecular complexity index is 497. The molecule has 0 aliphatic heterocycles. The molecule has 2 rings (SSSR count). The van der Waals surface area contributed by atoms with Gasteiger partial charge in [-0.15, -0.1) is 0 Å². The van der Waals surface area contributed by atoms with Gasteiger partial charge in [-0.25, -0.2) is 4.98 Å². The molecule has 4 heteroatoms. The van der Waals surface area contributed by atoms with E-state index in [0.29, 0.717) is 12.5 Å². The highest BCUT2D eigenvalue weighted by Gasteiger charge is 1.98. The summed E-state index contributed by atoms with van der Waals surface area (Å²) in [4.78, 5) is 8.23. The van der Waals surface area contributed by atoms with E-state index < -0.39 is 0 Å². The third-order valence-electron chi connectivity index (χ3n) is 2.52. The number of nitrogens with zero attached hydrogens (tertiary/aromatic N) is 2. The van der Waals surface area contributed by atoms with Crippen LogP contribution in [0.4, 0.5) is 0 Å². The monoisotopic (exact) mass is 244 g/mol. The van der Waals surface area contributed by atoms with Gasteiger partial charge in [0.1, 0.15) is 5.75 Å². The van der Waals surface area contributed by atoms with Crippen LogP contribution < -0.4 is 9.47 Å². The maximum Gasteiger partial charge on any atom is 0.212 e. The van der Waals surface area contributed by atoms with Gasteiger partial charge in [0.15, 0.2) is 0 Å². The second-order valence-corrected chi connectivity index (χ2v) is 4.01. The Labute approximate surface area is 107 Å². The van der Waals surface area contributed by atoms with E-state index in [4.69, 9.17) is 9.47 Å². The van der Waals surface area contributed by atoms with Crippen LogP contribution in [0.25, 0.3) is 0 Å². The molecule has 0 N–H and O–H groups in total. The van der Waals surface area contributed by atoms with Gasteiger partial charge in [-0.2, -0.15) is 0 Å². The highest BCUT2D eigenvalue weighted by atomic mass is 16.5. The largest absolute Gasteiger partial charge is 0.492 e. The summed E-state index contributed by atoms with van der Waals surface area (Å²) in [5.74, 6) is 1.43. The predicted molar refractivity (Wildman–Crippen MR) is 69.0 cm³/mol. The molecule has 0 radical (unpaired) electrons. The molecule has 0 saturated carbocycles. The van der Waals surface area contributed by atoms with Gasteiger partial charge in [-0.3, -0.25) is 4.98 Å². The van der Waals surface area contributed by atoms with E-state index >= 15 is 0 Å². The summed E-state index contributed by atoms with van der Waals surface area (Å²) in [6, 6.07) is 5.81. The van der Waals surface area contributed by atoms with Crippen LogP contribution in [-0.2, 0) is 6.42 Å². The standard InChI is InChI=1S/C14H16N2O2/c1-11-7-13(10-15-8-11)18-6-5-12-3-4-14(17-2)16-9-12/h3-4,7-10H,5-6H2,1-2H3. The van der Waals surface area contributed by atoms with Crippen molar-refractivity contribution in [2.45, 2.75) is 13.3 Å². The molecule has 0 aliphatic carbocycles. The van der Waals surface area contributed by atoms with Crippen molar-refractivity contribution in [3.8, 4) is 11.6 Å². The summed E-state index contributed by atoms with van der Waals surface area (Å²) in [5, 5.41) is 0. The van der Waals surface area contributed by atoms with E-state index in [1.165, 1.54) is 0 Å². The molecule has 0 aliphatic rings. The lowest BCUT2D eigenvalue weighted by molar-refractivity contribution is 0.320. The molecule has 4 nitrogen and oxygen atoms in total. The first kappa shape index (κ1) is 12.4. The fraction of sp³-hybridized carbons (Fsp3) is 0.286. The van der Waals surface area contributed by atoms with E-state index in [9.17, 15) is 0 Å². The Morgan fingerprint density at radius 2 is 2.06 bits per heavy atom. The SMILES string of the molecule is COc1ccc(CCOc2cncc(C)c2)cn1. The molecule has 18 heavy (non-hydrogen) atoms. The number of hydrogen-bond donors (Lipinski definition) is 0. The van der Waals surface area contributed by atoms with E-state index in [1.807, 2.05) is 25.1 Å². The third kappa shape index (κ3) is 3.45. The van der Waals surface area contributed by atoms with Gasteiger partial charge in [0.25, 0.3) is 0 Å². The van der Waals surface area contributed by atoms with Crippen LogP contribution >= 0.6 is 0 Å². The fourth-order valence-electron chi connectivity index (χ4n) is 1.57. The maximum absolute atomic E-state index is 5.63. The molecule has 0 bridgehead atoms. The van der Waals surface area contributed by atoms with Crippen LogP contribution in [0.15, 0.2) is 36.8 Å². The summed E-state index contributed by atoms with van der Waals surface area (Å²) < 4.78 is 10.6. The lowest BCUT2D eigenvalue weighted by Crippen LogP contribution is -2.02. The smallest absolute Gasteiger partial charge is 0.212 e. The minimum atomic E-state index is 0.610. The summed E-state index contributed by atoms with van der Waals surface area (Å²) >= 11 is 0. The molecule has 2 aromatic heterocycles. The normalized spacial score (nSPS) is 10.1. The number of methoxy groups -OCH3 is 1. The Morgan fingerprint density at radius 3 is 2.72 bits per heavy atom. The molecular weight excluding hydrogens is 228 g/mol. The van der Waals surface area contributed by atoms with Gasteiger partial charge in [0.2, 0.25) is 5.88 Å². The van der Waals surface area contributed by atoms with E-state index in [0.717, 1.165) is 23.3 Å². The Morgan fingerprint density at radius 1 is 1.17 bits per heavy atom. The minimum absolute atomic E-state index is 0.610. The van der Waals surface area contributed by atoms with Gasteiger partial charge in [-0.05, 0) is 24.1 Å². The summed E-state index contributed by atoms with van der Waals surface area (Å²) in [6.45, 7) is 2.60. The zero-order valence-electron chi connectivity index (χ0n) is 10.6. The molecule has 0 amide bonds. The summed E-state index contributed by atoms with van der Waals surface area (Å²) in [5.41, 5.74) is 2.22. The highest BCUT2D eigenvalue weighted by Crippen LogP contribution is 2.11. The number of aryl methyl sites for hydroxylation is 1. The summed E-state index contributed by atoms with van der Waals surface area (Å²) in [7, 11) is 1.61. The topological polar surface area (TPSA) is 44.2 Å². The minimum Gasteiger partial charge on any atom is -0.492 e. The van der Waals surface area contributed by atoms with Crippen LogP contribution in [-0.4, -0.2) is 23.7 Å². The van der Waals surface area contributed by atoms with Crippen LogP contribution in [0.3, 0.4) is 0 Å². The molecule has 0 unspecified atom stereocenters. The van der Waals surface area contributed by atoms with Crippen molar-refractivity contribution >= 4 is 0 Å². The zero-order chi connectivity index (χ0) is 12.8. The number of aromatic nitrogens is 2. The van der Waals surface area contributed by atoms with E-state index in [1.54, 1.807) is 25.7 Å². The van der Waals surface area contributed by atoms with Crippen molar-refractivity contribution in [2.75, 3.05) is 13.7 Å². The number of ether oxygens (including phenoxy) is 2. The number of hydrogen-bond acceptors (Lipinski definition) is 4. The third-order valence-corrected chi connectivity index (χ3v) is 2.52. The molecule has 0 atom stereocenters. The molecule has 0 aromatic carbocycles. The van der Waals surface area contributed by atoms with Crippen LogP contribution in [0, 0.1) is 6.92 Å². The van der Waals surface area contributed by atoms with Crippen LogP contribution in [0.5, 0.6) is 11.6 Å². The van der Waals surface area contributed by atoms with Crippen molar-refractivity contribution in [2.24, 2.45) is 0 Å². The van der Waals surface area contributed by atoms with Crippen molar-refractivity contribution in [3.63, 3.8) is 0 Å². The molecule has 2 aromatic rings. The molecule has 0 fully saturated rings. The van der Waals surface area contributed by atoms with Crippen molar-refractivity contribution in [3.05, 3.63) is 47.9 Å². The number of pyridine rings is 2. The lowest BCUT2D eigenvalue weighted by atomic mass is 10.2. The predicted octanol–water partition coefficient (Wildman–Crippen LogP) is 2.42. The van der Waals surface area contributed by atoms with Crippen molar-refractivity contribution in [1.29, 1.82) is 0 Å². The average molecular weight is 244 g/mol. The van der Waals surface area contributed by atoms with Crippen molar-refractivity contribution < 1.29 is 9.47 Å². The Hall–Kier alpha value is -2.10. The van der Waals surface area contributed by atoms with E-state index in [2.05, 4.69) is 9.97 Å². The van der Waals surface area contributed by atoms with Crippen molar-refractivity contribution in [1.82, 2.24) is 9.97 Å². The Balaban J connectivity index is 1.84. The molecular formula is C14H16N2O2. The highest BCUT2D eigenvalue weighted by molar-refractivity contribution is 5.22. The van der Waals surface area contributed by atoms with Crippen LogP contribution in [0.2, 0.25) is 0 Å². The second-order valence-electron chi connectivity index (χ2n) is 4.01. The first-order valence-corrected chi connectivity index (χ1v) is 5.81. The average Bonchev–Trinajstić information content (AvgIpc) is 2.40. The first-order chi connectivity index (χ1) is 8.78. The van der Waals surface area contributed by atoms with Gasteiger partial charge in [-0.1, -0.05) is 6.07 Å². The number of rotatable bonds is 5. The van der Waals surface area contributed by atoms with Gasteiger partial charge in [0.05, 0.1) is 19.9 Å². The van der Waals surface area contributed by atoms with Crippen LogP contribution in [0.1, 0.15) is 11.1 Å². The summed E-state index contributed by atoms with van der Waals surface area (Å²) in [6.07, 6.45) is 6.14. The van der Waals surface area contributed by atoms with Gasteiger partial charge >= 0.3 is 0 Å². The molecule has 0 spiro atoms. The molecule has 94 valence electrons. The maximum atomic E-state index is 5.63. The first-order valence-electron chi connectivity index (χ1n) is 5.81. The molecule has 0 saturated heterocycles. The Kier molecular flexibility index (Phi) is 4.12. The zero-order valence-corrected chi connectivity index (χ0v) is 10.6.